The van der Waals surface area contributed by atoms with Gasteiger partial charge in [0.05, 0.1) is 16.8 Å². The summed E-state index contributed by atoms with van der Waals surface area (Å²) in [6.45, 7) is 0. The van der Waals surface area contributed by atoms with Crippen LogP contribution in [0, 0.1) is 17.7 Å². The largest absolute Gasteiger partial charge is 0.489 e. The maximum Gasteiger partial charge on any atom is 0.252 e. The lowest BCUT2D eigenvalue weighted by atomic mass is 9.89. The Morgan fingerprint density at radius 3 is 2.33 bits per heavy atom. The van der Waals surface area contributed by atoms with Crippen LogP contribution in [0.1, 0.15) is 77.0 Å². The van der Waals surface area contributed by atoms with Crippen LogP contribution in [0.2, 0.25) is 5.02 Å². The molecule has 0 aromatic heterocycles. The molecule has 1 aromatic rings. The first-order valence-electron chi connectivity index (χ1n) is 12.5. The topological polar surface area (TPSA) is 67.4 Å². The predicted octanol–water partition coefficient (Wildman–Crippen LogP) is 5.91. The second kappa shape index (κ2) is 9.65. The van der Waals surface area contributed by atoms with Gasteiger partial charge in [-0.05, 0) is 88.5 Å². The number of ether oxygens (including phenoxy) is 1. The van der Waals surface area contributed by atoms with Crippen molar-refractivity contribution in [2.75, 3.05) is 5.32 Å². The van der Waals surface area contributed by atoms with Crippen molar-refractivity contribution < 1.29 is 18.7 Å². The number of rotatable bonds is 6. The van der Waals surface area contributed by atoms with E-state index >= 15 is 0 Å². The van der Waals surface area contributed by atoms with Crippen molar-refractivity contribution in [1.29, 1.82) is 0 Å². The van der Waals surface area contributed by atoms with Gasteiger partial charge in [-0.15, -0.1) is 0 Å². The van der Waals surface area contributed by atoms with Gasteiger partial charge in [0.15, 0.2) is 0 Å². The predicted molar refractivity (Wildman–Crippen MR) is 126 cm³/mol. The molecule has 2 amide bonds. The van der Waals surface area contributed by atoms with E-state index in [-0.39, 0.29) is 28.8 Å². The molecule has 33 heavy (non-hydrogen) atoms. The lowest BCUT2D eigenvalue weighted by Gasteiger charge is -2.26. The van der Waals surface area contributed by atoms with Crippen LogP contribution in [-0.2, 0) is 9.59 Å². The Labute approximate surface area is 199 Å². The zero-order valence-electron chi connectivity index (χ0n) is 18.9. The molecule has 0 heterocycles. The molecule has 7 heteroatoms. The van der Waals surface area contributed by atoms with E-state index in [2.05, 4.69) is 10.6 Å². The van der Waals surface area contributed by atoms with Crippen molar-refractivity contribution in [2.45, 2.75) is 89.2 Å². The highest BCUT2D eigenvalue weighted by Gasteiger charge is 2.40. The molecule has 2 bridgehead atoms. The molecule has 0 spiro atoms. The second-order valence-electron chi connectivity index (χ2n) is 10.2. The van der Waals surface area contributed by atoms with E-state index in [0.717, 1.165) is 50.9 Å². The van der Waals surface area contributed by atoms with E-state index < -0.39 is 11.7 Å². The van der Waals surface area contributed by atoms with E-state index in [1.807, 2.05) is 0 Å². The molecular weight excluding hydrogens is 443 g/mol. The summed E-state index contributed by atoms with van der Waals surface area (Å²) < 4.78 is 20.6. The molecule has 178 valence electrons. The van der Waals surface area contributed by atoms with Gasteiger partial charge >= 0.3 is 0 Å². The Balaban J connectivity index is 1.31. The van der Waals surface area contributed by atoms with Crippen molar-refractivity contribution in [3.8, 4) is 5.75 Å². The first kappa shape index (κ1) is 22.7. The summed E-state index contributed by atoms with van der Waals surface area (Å²) in [5.41, 5.74) is 1.05. The van der Waals surface area contributed by atoms with Crippen molar-refractivity contribution in [3.63, 3.8) is 0 Å². The van der Waals surface area contributed by atoms with Gasteiger partial charge in [0.1, 0.15) is 11.6 Å². The Morgan fingerprint density at radius 2 is 1.67 bits per heavy atom. The van der Waals surface area contributed by atoms with E-state index in [0.29, 0.717) is 35.7 Å². The van der Waals surface area contributed by atoms with Crippen LogP contribution in [-0.4, -0.2) is 24.0 Å². The summed E-state index contributed by atoms with van der Waals surface area (Å²) in [5, 5.41) is 6.09. The Morgan fingerprint density at radius 1 is 0.939 bits per heavy atom. The molecule has 4 aliphatic rings. The fraction of sp³-hybridized carbons (Fsp3) is 0.615. The molecule has 3 unspecified atom stereocenters. The quantitative estimate of drug-likeness (QED) is 0.538. The van der Waals surface area contributed by atoms with E-state index in [4.69, 9.17) is 16.3 Å². The summed E-state index contributed by atoms with van der Waals surface area (Å²) in [7, 11) is 0. The zero-order chi connectivity index (χ0) is 22.9. The van der Waals surface area contributed by atoms with Crippen LogP contribution >= 0.6 is 11.6 Å². The molecule has 5 nitrogen and oxygen atoms in total. The van der Waals surface area contributed by atoms with Crippen LogP contribution in [0.15, 0.2) is 23.3 Å². The third kappa shape index (κ3) is 4.91. The van der Waals surface area contributed by atoms with Crippen LogP contribution < -0.4 is 15.4 Å². The SMILES string of the molecule is O=C(Nc1cc(OC2CCCC2)c(Cl)cc1F)C1=C(C(=O)NC2CC3CCC2C3)CCCC1. The summed E-state index contributed by atoms with van der Waals surface area (Å²) in [6, 6.07) is 2.87. The van der Waals surface area contributed by atoms with Crippen LogP contribution in [0.25, 0.3) is 0 Å². The molecule has 5 rings (SSSR count). The number of carbonyl (C=O) groups excluding carboxylic acids is 2. The second-order valence-corrected chi connectivity index (χ2v) is 10.6. The Hall–Kier alpha value is -2.08. The number of nitrogens with one attached hydrogen (secondary N) is 2. The van der Waals surface area contributed by atoms with Crippen molar-refractivity contribution in [2.24, 2.45) is 11.8 Å². The van der Waals surface area contributed by atoms with Gasteiger partial charge < -0.3 is 15.4 Å². The maximum absolute atomic E-state index is 14.6. The van der Waals surface area contributed by atoms with Gasteiger partial charge in [-0.25, -0.2) is 4.39 Å². The smallest absolute Gasteiger partial charge is 0.252 e. The minimum Gasteiger partial charge on any atom is -0.489 e. The zero-order valence-corrected chi connectivity index (χ0v) is 19.7. The van der Waals surface area contributed by atoms with Crippen LogP contribution in [0.4, 0.5) is 10.1 Å². The number of hydrogen-bond acceptors (Lipinski definition) is 3. The standard InChI is InChI=1S/C26H32ClFN2O3/c27-20-13-21(28)23(14-24(20)33-17-5-1-2-6-17)30-26(32)19-8-4-3-7-18(19)25(31)29-22-12-15-9-10-16(22)11-15/h13-17,22H,1-12H2,(H,29,31)(H,30,32). The number of hydrogen-bond donors (Lipinski definition) is 2. The van der Waals surface area contributed by atoms with E-state index in [1.165, 1.54) is 31.4 Å². The highest BCUT2D eigenvalue weighted by molar-refractivity contribution is 6.32. The number of halogens is 2. The van der Waals surface area contributed by atoms with Crippen molar-refractivity contribution in [3.05, 3.63) is 34.1 Å². The molecule has 3 fully saturated rings. The average Bonchev–Trinajstić information content (AvgIpc) is 3.56. The minimum atomic E-state index is -0.614. The fourth-order valence-electron chi connectivity index (χ4n) is 6.18. The van der Waals surface area contributed by atoms with Gasteiger partial charge in [-0.1, -0.05) is 18.0 Å². The summed E-state index contributed by atoms with van der Waals surface area (Å²) in [5.74, 6) is 0.530. The normalized spacial score (nSPS) is 27.2. The molecule has 3 saturated carbocycles. The van der Waals surface area contributed by atoms with E-state index in [9.17, 15) is 14.0 Å². The van der Waals surface area contributed by atoms with Crippen LogP contribution in [0.3, 0.4) is 0 Å². The lowest BCUT2D eigenvalue weighted by Crippen LogP contribution is -2.40. The average molecular weight is 475 g/mol. The molecule has 4 aliphatic carbocycles. The first-order chi connectivity index (χ1) is 16.0. The number of amides is 2. The molecule has 0 radical (unpaired) electrons. The number of carbonyl (C=O) groups is 2. The molecule has 3 atom stereocenters. The van der Waals surface area contributed by atoms with Gasteiger partial charge in [-0.2, -0.15) is 0 Å². The van der Waals surface area contributed by atoms with Gasteiger partial charge in [0.2, 0.25) is 5.91 Å². The van der Waals surface area contributed by atoms with Crippen molar-refractivity contribution >= 4 is 29.1 Å². The van der Waals surface area contributed by atoms with Gasteiger partial charge in [0.25, 0.3) is 5.91 Å². The maximum atomic E-state index is 14.6. The minimum absolute atomic E-state index is 0.0309. The molecule has 1 aromatic carbocycles. The lowest BCUT2D eigenvalue weighted by molar-refractivity contribution is -0.119. The highest BCUT2D eigenvalue weighted by atomic mass is 35.5. The monoisotopic (exact) mass is 474 g/mol. The van der Waals surface area contributed by atoms with Crippen molar-refractivity contribution in [1.82, 2.24) is 5.32 Å². The Bertz CT molecular complexity index is 973. The van der Waals surface area contributed by atoms with Gasteiger partial charge in [-0.3, -0.25) is 9.59 Å². The third-order valence-corrected chi connectivity index (χ3v) is 8.23. The summed E-state index contributed by atoms with van der Waals surface area (Å²) in [4.78, 5) is 26.2. The molecular formula is C26H32ClFN2O3. The highest BCUT2D eigenvalue weighted by Crippen LogP contribution is 2.44. The number of benzene rings is 1. The first-order valence-corrected chi connectivity index (χ1v) is 12.9. The molecule has 2 N–H and O–H groups in total. The number of fused-ring (bicyclic) bond motifs is 2. The van der Waals surface area contributed by atoms with Crippen LogP contribution in [0.5, 0.6) is 5.75 Å². The summed E-state index contributed by atoms with van der Waals surface area (Å²) in [6.07, 6.45) is 11.7. The molecule has 0 aliphatic heterocycles. The fourth-order valence-corrected chi connectivity index (χ4v) is 6.38. The molecule has 0 saturated heterocycles. The van der Waals surface area contributed by atoms with Gasteiger partial charge in [0, 0.05) is 23.3 Å². The Kier molecular flexibility index (Phi) is 6.64. The third-order valence-electron chi connectivity index (χ3n) is 7.94. The summed E-state index contributed by atoms with van der Waals surface area (Å²) >= 11 is 6.20. The number of anilines is 1. The van der Waals surface area contributed by atoms with E-state index in [1.54, 1.807) is 0 Å².